The summed E-state index contributed by atoms with van der Waals surface area (Å²) in [6.45, 7) is 5.73. The number of carbonyl (C=O) groups is 1. The van der Waals surface area contributed by atoms with Crippen LogP contribution in [0.5, 0.6) is 0 Å². The monoisotopic (exact) mass is 196 g/mol. The summed E-state index contributed by atoms with van der Waals surface area (Å²) >= 11 is 0. The van der Waals surface area contributed by atoms with E-state index in [0.29, 0.717) is 18.4 Å². The van der Waals surface area contributed by atoms with E-state index in [4.69, 9.17) is 5.73 Å². The Bertz CT molecular complexity index is 215. The SMILES string of the molecule is C=CCC(N)C(=O)NC1CC1CCC. The summed E-state index contributed by atoms with van der Waals surface area (Å²) in [7, 11) is 0. The van der Waals surface area contributed by atoms with Crippen molar-refractivity contribution in [2.75, 3.05) is 0 Å². The van der Waals surface area contributed by atoms with Gasteiger partial charge in [0, 0.05) is 6.04 Å². The first kappa shape index (κ1) is 11.2. The van der Waals surface area contributed by atoms with Crippen LogP contribution in [0.25, 0.3) is 0 Å². The van der Waals surface area contributed by atoms with E-state index in [2.05, 4.69) is 18.8 Å². The summed E-state index contributed by atoms with van der Waals surface area (Å²) in [6.07, 6.45) is 5.76. The van der Waals surface area contributed by atoms with Gasteiger partial charge in [0.15, 0.2) is 0 Å². The quantitative estimate of drug-likeness (QED) is 0.627. The van der Waals surface area contributed by atoms with Crippen molar-refractivity contribution in [2.45, 2.75) is 44.7 Å². The molecule has 3 atom stereocenters. The summed E-state index contributed by atoms with van der Waals surface area (Å²) in [5.74, 6) is 0.661. The van der Waals surface area contributed by atoms with E-state index in [0.717, 1.165) is 6.42 Å². The van der Waals surface area contributed by atoms with Gasteiger partial charge >= 0.3 is 0 Å². The molecular formula is C11H20N2O. The zero-order valence-electron chi connectivity index (χ0n) is 8.83. The second-order valence-corrected chi connectivity index (χ2v) is 4.03. The maximum absolute atomic E-state index is 11.4. The first-order valence-electron chi connectivity index (χ1n) is 5.35. The Hall–Kier alpha value is -0.830. The van der Waals surface area contributed by atoms with Crippen molar-refractivity contribution in [3.8, 4) is 0 Å². The minimum absolute atomic E-state index is 0.0338. The number of nitrogens with one attached hydrogen (secondary N) is 1. The fourth-order valence-electron chi connectivity index (χ4n) is 1.69. The molecule has 0 heterocycles. The molecular weight excluding hydrogens is 176 g/mol. The molecule has 0 aromatic rings. The van der Waals surface area contributed by atoms with Crippen LogP contribution in [-0.2, 0) is 4.79 Å². The minimum atomic E-state index is -0.421. The van der Waals surface area contributed by atoms with E-state index < -0.39 is 6.04 Å². The summed E-state index contributed by atoms with van der Waals surface area (Å²) < 4.78 is 0. The van der Waals surface area contributed by atoms with Gasteiger partial charge in [-0.25, -0.2) is 0 Å². The Morgan fingerprint density at radius 1 is 1.79 bits per heavy atom. The lowest BCUT2D eigenvalue weighted by molar-refractivity contribution is -0.122. The molecule has 1 saturated carbocycles. The van der Waals surface area contributed by atoms with Crippen LogP contribution in [0.3, 0.4) is 0 Å². The number of carbonyl (C=O) groups excluding carboxylic acids is 1. The van der Waals surface area contributed by atoms with Crippen LogP contribution in [0.2, 0.25) is 0 Å². The molecule has 14 heavy (non-hydrogen) atoms. The molecule has 3 heteroatoms. The first-order valence-corrected chi connectivity index (χ1v) is 5.35. The highest BCUT2D eigenvalue weighted by atomic mass is 16.2. The van der Waals surface area contributed by atoms with Crippen molar-refractivity contribution in [1.29, 1.82) is 0 Å². The molecule has 0 aromatic carbocycles. The van der Waals surface area contributed by atoms with E-state index in [1.807, 2.05) is 0 Å². The maximum Gasteiger partial charge on any atom is 0.237 e. The lowest BCUT2D eigenvalue weighted by atomic mass is 10.2. The molecule has 3 nitrogen and oxygen atoms in total. The van der Waals surface area contributed by atoms with Gasteiger partial charge in [-0.3, -0.25) is 4.79 Å². The van der Waals surface area contributed by atoms with E-state index in [1.165, 1.54) is 12.8 Å². The van der Waals surface area contributed by atoms with E-state index in [1.54, 1.807) is 6.08 Å². The van der Waals surface area contributed by atoms with E-state index >= 15 is 0 Å². The fourth-order valence-corrected chi connectivity index (χ4v) is 1.69. The Kier molecular flexibility index (Phi) is 4.14. The molecule has 0 bridgehead atoms. The average molecular weight is 196 g/mol. The molecule has 0 spiro atoms. The standard InChI is InChI=1S/C11H20N2O/c1-3-5-8-7-10(8)13-11(14)9(12)6-4-2/h4,8-10H,2-3,5-7,12H2,1H3,(H,13,14). The predicted octanol–water partition coefficient (Wildman–Crippen LogP) is 1.19. The molecule has 1 rings (SSSR count). The van der Waals surface area contributed by atoms with Crippen molar-refractivity contribution < 1.29 is 4.79 Å². The van der Waals surface area contributed by atoms with Gasteiger partial charge in [0.2, 0.25) is 5.91 Å². The second-order valence-electron chi connectivity index (χ2n) is 4.03. The number of hydrogen-bond acceptors (Lipinski definition) is 2. The van der Waals surface area contributed by atoms with Crippen LogP contribution in [0, 0.1) is 5.92 Å². The fraction of sp³-hybridized carbons (Fsp3) is 0.727. The van der Waals surface area contributed by atoms with Gasteiger partial charge < -0.3 is 11.1 Å². The topological polar surface area (TPSA) is 55.1 Å². The first-order chi connectivity index (χ1) is 6.69. The van der Waals surface area contributed by atoms with Crippen molar-refractivity contribution in [3.63, 3.8) is 0 Å². The van der Waals surface area contributed by atoms with Crippen molar-refractivity contribution >= 4 is 5.91 Å². The summed E-state index contributed by atoms with van der Waals surface area (Å²) in [6, 6.07) is -0.0336. The molecule has 1 amide bonds. The Morgan fingerprint density at radius 2 is 2.50 bits per heavy atom. The van der Waals surface area contributed by atoms with E-state index in [-0.39, 0.29) is 5.91 Å². The predicted molar refractivity (Wildman–Crippen MR) is 57.7 cm³/mol. The molecule has 0 aromatic heterocycles. The molecule has 1 fully saturated rings. The summed E-state index contributed by atoms with van der Waals surface area (Å²) in [4.78, 5) is 11.4. The van der Waals surface area contributed by atoms with Crippen LogP contribution in [-0.4, -0.2) is 18.0 Å². The van der Waals surface area contributed by atoms with Gasteiger partial charge in [-0.05, 0) is 25.2 Å². The Labute approximate surface area is 85.7 Å². The number of nitrogens with two attached hydrogens (primary N) is 1. The molecule has 80 valence electrons. The smallest absolute Gasteiger partial charge is 0.237 e. The van der Waals surface area contributed by atoms with Crippen molar-refractivity contribution in [1.82, 2.24) is 5.32 Å². The Morgan fingerprint density at radius 3 is 3.07 bits per heavy atom. The third-order valence-electron chi connectivity index (χ3n) is 2.67. The number of hydrogen-bond donors (Lipinski definition) is 2. The molecule has 0 radical (unpaired) electrons. The third-order valence-corrected chi connectivity index (χ3v) is 2.67. The van der Waals surface area contributed by atoms with Crippen LogP contribution in [0.4, 0.5) is 0 Å². The molecule has 1 aliphatic rings. The van der Waals surface area contributed by atoms with Gasteiger partial charge in [0.25, 0.3) is 0 Å². The number of rotatable bonds is 6. The molecule has 1 aliphatic carbocycles. The van der Waals surface area contributed by atoms with Crippen LogP contribution >= 0.6 is 0 Å². The van der Waals surface area contributed by atoms with Crippen LogP contribution in [0.1, 0.15) is 32.6 Å². The van der Waals surface area contributed by atoms with Gasteiger partial charge in [0.05, 0.1) is 6.04 Å². The van der Waals surface area contributed by atoms with Crippen LogP contribution in [0.15, 0.2) is 12.7 Å². The summed E-state index contributed by atoms with van der Waals surface area (Å²) in [5, 5.41) is 2.96. The highest BCUT2D eigenvalue weighted by molar-refractivity contribution is 5.82. The number of amides is 1. The second kappa shape index (κ2) is 5.15. The highest BCUT2D eigenvalue weighted by Crippen LogP contribution is 2.34. The van der Waals surface area contributed by atoms with E-state index in [9.17, 15) is 4.79 Å². The van der Waals surface area contributed by atoms with Gasteiger partial charge in [-0.2, -0.15) is 0 Å². The molecule has 3 unspecified atom stereocenters. The van der Waals surface area contributed by atoms with Gasteiger partial charge in [-0.1, -0.05) is 19.4 Å². The third kappa shape index (κ3) is 3.14. The largest absolute Gasteiger partial charge is 0.352 e. The normalized spacial score (nSPS) is 26.7. The molecule has 0 saturated heterocycles. The van der Waals surface area contributed by atoms with Gasteiger partial charge in [-0.15, -0.1) is 6.58 Å². The summed E-state index contributed by atoms with van der Waals surface area (Å²) in [5.41, 5.74) is 5.64. The zero-order valence-corrected chi connectivity index (χ0v) is 8.83. The lowest BCUT2D eigenvalue weighted by Gasteiger charge is -2.09. The average Bonchev–Trinajstić information content (AvgIpc) is 2.84. The highest BCUT2D eigenvalue weighted by Gasteiger charge is 2.37. The maximum atomic E-state index is 11.4. The van der Waals surface area contributed by atoms with Crippen molar-refractivity contribution in [2.24, 2.45) is 11.7 Å². The molecule has 0 aliphatic heterocycles. The zero-order chi connectivity index (χ0) is 10.6. The van der Waals surface area contributed by atoms with Crippen LogP contribution < -0.4 is 11.1 Å². The Balaban J connectivity index is 2.19. The molecule has 3 N–H and O–H groups in total. The van der Waals surface area contributed by atoms with Crippen molar-refractivity contribution in [3.05, 3.63) is 12.7 Å². The lowest BCUT2D eigenvalue weighted by Crippen LogP contribution is -2.41. The van der Waals surface area contributed by atoms with Gasteiger partial charge in [0.1, 0.15) is 0 Å². The minimum Gasteiger partial charge on any atom is -0.352 e.